The third kappa shape index (κ3) is 3.12. The van der Waals surface area contributed by atoms with Gasteiger partial charge >= 0.3 is 0 Å². The zero-order valence-electron chi connectivity index (χ0n) is 13.1. The summed E-state index contributed by atoms with van der Waals surface area (Å²) in [7, 11) is 0. The number of benzene rings is 2. The molecular formula is C20H14ClN3O. The minimum Gasteiger partial charge on any atom is -0.506 e. The van der Waals surface area contributed by atoms with Gasteiger partial charge in [0, 0.05) is 22.2 Å². The van der Waals surface area contributed by atoms with Crippen LogP contribution in [0.1, 0.15) is 0 Å². The summed E-state index contributed by atoms with van der Waals surface area (Å²) in [5, 5.41) is 14.6. The molecule has 0 saturated heterocycles. The minimum absolute atomic E-state index is 0.128. The van der Waals surface area contributed by atoms with Crippen molar-refractivity contribution in [3.8, 4) is 17.0 Å². The lowest BCUT2D eigenvalue weighted by atomic mass is 10.1. The number of aromatic nitrogens is 2. The number of phenols is 1. The van der Waals surface area contributed by atoms with Crippen LogP contribution in [0.25, 0.3) is 22.3 Å². The highest BCUT2D eigenvalue weighted by molar-refractivity contribution is 6.31. The van der Waals surface area contributed by atoms with E-state index in [1.807, 2.05) is 48.5 Å². The molecule has 2 N–H and O–H groups in total. The Morgan fingerprint density at radius 2 is 1.72 bits per heavy atom. The summed E-state index contributed by atoms with van der Waals surface area (Å²) in [6.07, 6.45) is 1.69. The molecule has 0 unspecified atom stereocenters. The number of nitrogens with one attached hydrogen (secondary N) is 1. The molecule has 2 aromatic carbocycles. The SMILES string of the molecule is Oc1ccc(Cl)cc1Nc1ccnc2nc(-c3ccccc3)ccc12. The van der Waals surface area contributed by atoms with Gasteiger partial charge < -0.3 is 10.4 Å². The van der Waals surface area contributed by atoms with E-state index in [-0.39, 0.29) is 5.75 Å². The highest BCUT2D eigenvalue weighted by atomic mass is 35.5. The summed E-state index contributed by atoms with van der Waals surface area (Å²) >= 11 is 6.01. The molecule has 0 aliphatic rings. The van der Waals surface area contributed by atoms with Crippen LogP contribution in [0.3, 0.4) is 0 Å². The van der Waals surface area contributed by atoms with E-state index in [9.17, 15) is 5.11 Å². The first-order valence-electron chi connectivity index (χ1n) is 7.77. The highest BCUT2D eigenvalue weighted by Gasteiger charge is 2.08. The summed E-state index contributed by atoms with van der Waals surface area (Å²) in [6.45, 7) is 0. The van der Waals surface area contributed by atoms with E-state index < -0.39 is 0 Å². The number of rotatable bonds is 3. The predicted octanol–water partition coefficient (Wildman–Crippen LogP) is 5.40. The Labute approximate surface area is 149 Å². The maximum absolute atomic E-state index is 10.0. The highest BCUT2D eigenvalue weighted by Crippen LogP contribution is 2.32. The second-order valence-electron chi connectivity index (χ2n) is 5.58. The Kier molecular flexibility index (Phi) is 3.96. The Bertz CT molecular complexity index is 1050. The molecule has 4 nitrogen and oxygen atoms in total. The third-order valence-corrected chi connectivity index (χ3v) is 4.14. The molecule has 0 aliphatic carbocycles. The second kappa shape index (κ2) is 6.42. The maximum atomic E-state index is 10.0. The largest absolute Gasteiger partial charge is 0.506 e. The quantitative estimate of drug-likeness (QED) is 0.487. The van der Waals surface area contributed by atoms with Gasteiger partial charge in [0.05, 0.1) is 17.1 Å². The molecule has 0 saturated carbocycles. The van der Waals surface area contributed by atoms with Gasteiger partial charge in [-0.3, -0.25) is 0 Å². The van der Waals surface area contributed by atoms with E-state index in [1.165, 1.54) is 0 Å². The standard InChI is InChI=1S/C20H14ClN3O/c21-14-6-9-19(25)18(12-14)23-17-10-11-22-20-15(17)7-8-16(24-20)13-4-2-1-3-5-13/h1-12,25H,(H,22,23,24). The van der Waals surface area contributed by atoms with Crippen molar-refractivity contribution in [3.05, 3.63) is 77.9 Å². The Hall–Kier alpha value is -3.11. The fourth-order valence-electron chi connectivity index (χ4n) is 2.66. The summed E-state index contributed by atoms with van der Waals surface area (Å²) < 4.78 is 0. The summed E-state index contributed by atoms with van der Waals surface area (Å²) in [5.74, 6) is 0.128. The van der Waals surface area contributed by atoms with Crippen molar-refractivity contribution in [2.75, 3.05) is 5.32 Å². The molecule has 0 amide bonds. The first-order chi connectivity index (χ1) is 12.2. The van der Waals surface area contributed by atoms with Crippen molar-refractivity contribution in [2.45, 2.75) is 0 Å². The molecule has 4 rings (SSSR count). The van der Waals surface area contributed by atoms with Crippen LogP contribution in [0.15, 0.2) is 72.9 Å². The molecule has 0 radical (unpaired) electrons. The van der Waals surface area contributed by atoms with Crippen LogP contribution in [-0.2, 0) is 0 Å². The smallest absolute Gasteiger partial charge is 0.161 e. The van der Waals surface area contributed by atoms with Gasteiger partial charge in [-0.25, -0.2) is 9.97 Å². The fraction of sp³-hybridized carbons (Fsp3) is 0. The Morgan fingerprint density at radius 1 is 0.880 bits per heavy atom. The van der Waals surface area contributed by atoms with Crippen molar-refractivity contribution < 1.29 is 5.11 Å². The first kappa shape index (κ1) is 15.4. The molecule has 122 valence electrons. The maximum Gasteiger partial charge on any atom is 0.161 e. The van der Waals surface area contributed by atoms with E-state index in [1.54, 1.807) is 24.4 Å². The van der Waals surface area contributed by atoms with Gasteiger partial charge in [-0.15, -0.1) is 0 Å². The topological polar surface area (TPSA) is 58.0 Å². The number of hydrogen-bond acceptors (Lipinski definition) is 4. The molecule has 0 spiro atoms. The van der Waals surface area contributed by atoms with Crippen LogP contribution in [0.5, 0.6) is 5.75 Å². The zero-order chi connectivity index (χ0) is 17.2. The van der Waals surface area contributed by atoms with Crippen molar-refractivity contribution in [1.29, 1.82) is 0 Å². The lowest BCUT2D eigenvalue weighted by Crippen LogP contribution is -1.95. The first-order valence-corrected chi connectivity index (χ1v) is 8.15. The number of aromatic hydroxyl groups is 1. The van der Waals surface area contributed by atoms with Crippen molar-refractivity contribution in [1.82, 2.24) is 9.97 Å². The van der Waals surface area contributed by atoms with Crippen LogP contribution >= 0.6 is 11.6 Å². The van der Waals surface area contributed by atoms with Gasteiger partial charge in [0.25, 0.3) is 0 Å². The monoisotopic (exact) mass is 347 g/mol. The van der Waals surface area contributed by atoms with Crippen molar-refractivity contribution in [2.24, 2.45) is 0 Å². The molecule has 0 bridgehead atoms. The number of hydrogen-bond donors (Lipinski definition) is 2. The van der Waals surface area contributed by atoms with Gasteiger partial charge in [-0.05, 0) is 36.4 Å². The molecule has 5 heteroatoms. The van der Waals surface area contributed by atoms with Gasteiger partial charge in [-0.1, -0.05) is 41.9 Å². The van der Waals surface area contributed by atoms with Crippen LogP contribution in [0, 0.1) is 0 Å². The summed E-state index contributed by atoms with van der Waals surface area (Å²) in [5.41, 5.74) is 3.87. The number of anilines is 2. The fourth-order valence-corrected chi connectivity index (χ4v) is 2.83. The van der Waals surface area contributed by atoms with E-state index in [2.05, 4.69) is 15.3 Å². The normalized spacial score (nSPS) is 10.8. The Morgan fingerprint density at radius 3 is 2.56 bits per heavy atom. The van der Waals surface area contributed by atoms with Gasteiger partial charge in [0.1, 0.15) is 5.75 Å². The van der Waals surface area contributed by atoms with Gasteiger partial charge in [-0.2, -0.15) is 0 Å². The van der Waals surface area contributed by atoms with E-state index in [0.717, 1.165) is 22.3 Å². The van der Waals surface area contributed by atoms with Crippen LogP contribution < -0.4 is 5.32 Å². The lowest BCUT2D eigenvalue weighted by Gasteiger charge is -2.11. The summed E-state index contributed by atoms with van der Waals surface area (Å²) in [4.78, 5) is 9.02. The number of halogens is 1. The molecule has 2 aromatic heterocycles. The number of phenolic OH excluding ortho intramolecular Hbond substituents is 1. The molecule has 2 heterocycles. The molecule has 4 aromatic rings. The number of pyridine rings is 2. The summed E-state index contributed by atoms with van der Waals surface area (Å²) in [6, 6.07) is 20.6. The predicted molar refractivity (Wildman–Crippen MR) is 101 cm³/mol. The van der Waals surface area contributed by atoms with E-state index in [4.69, 9.17) is 11.6 Å². The van der Waals surface area contributed by atoms with Crippen molar-refractivity contribution >= 4 is 34.0 Å². The average molecular weight is 348 g/mol. The lowest BCUT2D eigenvalue weighted by molar-refractivity contribution is 0.478. The Balaban J connectivity index is 1.77. The molecule has 0 fully saturated rings. The van der Waals surface area contributed by atoms with Gasteiger partial charge in [0.2, 0.25) is 0 Å². The van der Waals surface area contributed by atoms with Gasteiger partial charge in [0.15, 0.2) is 5.65 Å². The van der Waals surface area contributed by atoms with Crippen LogP contribution in [0.2, 0.25) is 5.02 Å². The minimum atomic E-state index is 0.128. The number of nitrogens with zero attached hydrogens (tertiary/aromatic N) is 2. The van der Waals surface area contributed by atoms with E-state index >= 15 is 0 Å². The van der Waals surface area contributed by atoms with Crippen LogP contribution in [-0.4, -0.2) is 15.1 Å². The zero-order valence-corrected chi connectivity index (χ0v) is 13.9. The molecule has 25 heavy (non-hydrogen) atoms. The number of fused-ring (bicyclic) bond motifs is 1. The average Bonchev–Trinajstić information content (AvgIpc) is 2.65. The third-order valence-electron chi connectivity index (χ3n) is 3.90. The van der Waals surface area contributed by atoms with Crippen LogP contribution in [0.4, 0.5) is 11.4 Å². The molecule has 0 aliphatic heterocycles. The second-order valence-corrected chi connectivity index (χ2v) is 6.02. The van der Waals surface area contributed by atoms with Crippen molar-refractivity contribution in [3.63, 3.8) is 0 Å². The molecular weight excluding hydrogens is 334 g/mol. The van der Waals surface area contributed by atoms with E-state index in [0.29, 0.717) is 16.4 Å². The molecule has 0 atom stereocenters.